The van der Waals surface area contributed by atoms with Gasteiger partial charge >= 0.3 is 0 Å². The maximum absolute atomic E-state index is 5.13. The van der Waals surface area contributed by atoms with Gasteiger partial charge in [0.2, 0.25) is 5.82 Å². The van der Waals surface area contributed by atoms with Gasteiger partial charge in [-0.15, -0.1) is 5.54 Å². The van der Waals surface area contributed by atoms with Gasteiger partial charge in [-0.3, -0.25) is 0 Å². The van der Waals surface area contributed by atoms with Crippen molar-refractivity contribution in [3.8, 4) is 11.5 Å². The molecule has 3 rings (SSSR count). The van der Waals surface area contributed by atoms with E-state index in [2.05, 4.69) is 31.1 Å². The highest BCUT2D eigenvalue weighted by molar-refractivity contribution is 6.83. The summed E-state index contributed by atoms with van der Waals surface area (Å²) in [7, 11) is -1.41. The van der Waals surface area contributed by atoms with E-state index in [9.17, 15) is 0 Å². The molecule has 3 heteroatoms. The summed E-state index contributed by atoms with van der Waals surface area (Å²) in [5, 5.41) is 0. The Balaban J connectivity index is 1.99. The summed E-state index contributed by atoms with van der Waals surface area (Å²) in [6.45, 7) is 6.90. The van der Waals surface area contributed by atoms with Gasteiger partial charge in [-0.25, -0.2) is 9.97 Å². The van der Waals surface area contributed by atoms with E-state index in [1.807, 2.05) is 0 Å². The topological polar surface area (TPSA) is 25.8 Å². The number of hydrogen-bond acceptors (Lipinski definition) is 2. The third-order valence-electron chi connectivity index (χ3n) is 6.01. The molecule has 2 nitrogen and oxygen atoms in total. The first kappa shape index (κ1) is 20.6. The van der Waals surface area contributed by atoms with Crippen molar-refractivity contribution in [3.63, 3.8) is 0 Å². The molecule has 0 spiro atoms. The second-order valence-corrected chi connectivity index (χ2v) is 14.4. The molecule has 2 aliphatic rings. The Kier molecular flexibility index (Phi) is 7.53. The highest BCUT2D eigenvalue weighted by atomic mass is 28.3. The Morgan fingerprint density at radius 2 is 1.33 bits per heavy atom. The van der Waals surface area contributed by atoms with E-state index in [0.717, 1.165) is 12.2 Å². The third-order valence-corrected chi connectivity index (χ3v) is 6.88. The minimum absolute atomic E-state index is 0.631. The predicted molar refractivity (Wildman–Crippen MR) is 118 cm³/mol. The van der Waals surface area contributed by atoms with Crippen LogP contribution in [0.4, 0.5) is 0 Å². The van der Waals surface area contributed by atoms with Crippen LogP contribution >= 0.6 is 0 Å². The lowest BCUT2D eigenvalue weighted by molar-refractivity contribution is 0.514. The summed E-state index contributed by atoms with van der Waals surface area (Å²) in [4.78, 5) is 10.1. The zero-order chi connectivity index (χ0) is 19.1. The second kappa shape index (κ2) is 9.87. The lowest BCUT2D eigenvalue weighted by atomic mass is 9.86. The van der Waals surface area contributed by atoms with E-state index in [1.165, 1.54) is 100 Å². The predicted octanol–water partition coefficient (Wildman–Crippen LogP) is 6.58. The minimum Gasteiger partial charge on any atom is -0.226 e. The standard InChI is InChI=1S/C24H38N2Si/c1-27(2,3)19-18-23-25-22-17-13-9-8-12-16-21(22)24(26-23)20-14-10-6-4-5-7-11-15-20/h20H,4-17H2,1-3H3. The van der Waals surface area contributed by atoms with Crippen LogP contribution in [0.15, 0.2) is 0 Å². The van der Waals surface area contributed by atoms with Crippen molar-refractivity contribution in [1.29, 1.82) is 0 Å². The summed E-state index contributed by atoms with van der Waals surface area (Å²) in [5.41, 5.74) is 7.74. The van der Waals surface area contributed by atoms with Gasteiger partial charge in [0.15, 0.2) is 0 Å². The van der Waals surface area contributed by atoms with Crippen LogP contribution in [0.2, 0.25) is 19.6 Å². The largest absolute Gasteiger partial charge is 0.226 e. The fourth-order valence-electron chi connectivity index (χ4n) is 4.52. The number of nitrogens with zero attached hydrogens (tertiary/aromatic N) is 2. The van der Waals surface area contributed by atoms with E-state index in [0.29, 0.717) is 5.92 Å². The number of aryl methyl sites for hydroxylation is 1. The maximum atomic E-state index is 5.13. The second-order valence-electron chi connectivity index (χ2n) is 9.67. The molecule has 1 saturated carbocycles. The first-order chi connectivity index (χ1) is 13.0. The van der Waals surface area contributed by atoms with Crippen LogP contribution in [-0.2, 0) is 12.8 Å². The lowest BCUT2D eigenvalue weighted by Gasteiger charge is -2.23. The van der Waals surface area contributed by atoms with E-state index < -0.39 is 8.07 Å². The van der Waals surface area contributed by atoms with Crippen molar-refractivity contribution < 1.29 is 0 Å². The molecule has 0 saturated heterocycles. The van der Waals surface area contributed by atoms with Crippen LogP contribution in [0.1, 0.15) is 106 Å². The Hall–Kier alpha value is -1.14. The molecular weight excluding hydrogens is 344 g/mol. The van der Waals surface area contributed by atoms with Crippen molar-refractivity contribution in [2.24, 2.45) is 0 Å². The normalized spacial score (nSPS) is 20.1. The molecule has 2 aliphatic carbocycles. The van der Waals surface area contributed by atoms with E-state index in [1.54, 1.807) is 0 Å². The Morgan fingerprint density at radius 3 is 2.00 bits per heavy atom. The molecular formula is C24H38N2Si. The van der Waals surface area contributed by atoms with E-state index in [-0.39, 0.29) is 0 Å². The first-order valence-corrected chi connectivity index (χ1v) is 15.0. The smallest absolute Gasteiger partial charge is 0.204 e. The van der Waals surface area contributed by atoms with Crippen LogP contribution in [0.3, 0.4) is 0 Å². The van der Waals surface area contributed by atoms with Crippen LogP contribution in [-0.4, -0.2) is 18.0 Å². The molecule has 0 aromatic carbocycles. The fraction of sp³-hybridized carbons (Fsp3) is 0.750. The van der Waals surface area contributed by atoms with Crippen molar-refractivity contribution in [2.45, 2.75) is 115 Å². The molecule has 0 amide bonds. The van der Waals surface area contributed by atoms with Gasteiger partial charge in [0.1, 0.15) is 8.07 Å². The monoisotopic (exact) mass is 382 g/mol. The van der Waals surface area contributed by atoms with Crippen molar-refractivity contribution in [3.05, 3.63) is 22.8 Å². The molecule has 0 unspecified atom stereocenters. The maximum Gasteiger partial charge on any atom is 0.204 e. The average Bonchev–Trinajstić information content (AvgIpc) is 2.73. The Labute approximate surface area is 168 Å². The molecule has 0 N–H and O–H groups in total. The molecule has 148 valence electrons. The lowest BCUT2D eigenvalue weighted by Crippen LogP contribution is -2.17. The SMILES string of the molecule is C[Si](C)(C)C#Cc1nc2c(c(C3CCCCCCCC3)n1)CCCCCC2. The first-order valence-electron chi connectivity index (χ1n) is 11.5. The highest BCUT2D eigenvalue weighted by Crippen LogP contribution is 2.34. The number of hydrogen-bond donors (Lipinski definition) is 0. The van der Waals surface area contributed by atoms with E-state index in [4.69, 9.17) is 9.97 Å². The summed E-state index contributed by atoms with van der Waals surface area (Å²) in [5.74, 6) is 4.82. The molecule has 27 heavy (non-hydrogen) atoms. The fourth-order valence-corrected chi connectivity index (χ4v) is 5.01. The molecule has 1 fully saturated rings. The summed E-state index contributed by atoms with van der Waals surface area (Å²) in [6, 6.07) is 0. The summed E-state index contributed by atoms with van der Waals surface area (Å²) in [6.07, 6.45) is 18.6. The van der Waals surface area contributed by atoms with Gasteiger partial charge in [-0.05, 0) is 50.0 Å². The zero-order valence-electron chi connectivity index (χ0n) is 17.9. The Bertz CT molecular complexity index is 668. The Morgan fingerprint density at radius 1 is 0.741 bits per heavy atom. The van der Waals surface area contributed by atoms with Crippen molar-refractivity contribution >= 4 is 8.07 Å². The molecule has 0 bridgehead atoms. The van der Waals surface area contributed by atoms with Gasteiger partial charge in [0.25, 0.3) is 0 Å². The number of fused-ring (bicyclic) bond motifs is 1. The summed E-state index contributed by atoms with van der Waals surface area (Å²) < 4.78 is 0. The minimum atomic E-state index is -1.41. The zero-order valence-corrected chi connectivity index (χ0v) is 18.9. The molecule has 1 aromatic heterocycles. The number of rotatable bonds is 1. The van der Waals surface area contributed by atoms with Crippen molar-refractivity contribution in [2.75, 3.05) is 0 Å². The molecule has 1 heterocycles. The van der Waals surface area contributed by atoms with E-state index >= 15 is 0 Å². The van der Waals surface area contributed by atoms with Crippen LogP contribution in [0.25, 0.3) is 0 Å². The van der Waals surface area contributed by atoms with Gasteiger partial charge in [0, 0.05) is 11.6 Å². The molecule has 1 aromatic rings. The van der Waals surface area contributed by atoms with Crippen LogP contribution in [0, 0.1) is 11.5 Å². The van der Waals surface area contributed by atoms with Gasteiger partial charge < -0.3 is 0 Å². The van der Waals surface area contributed by atoms with Gasteiger partial charge in [-0.1, -0.05) is 71.0 Å². The van der Waals surface area contributed by atoms with Gasteiger partial charge in [0.05, 0.1) is 5.69 Å². The van der Waals surface area contributed by atoms with Crippen LogP contribution < -0.4 is 0 Å². The quantitative estimate of drug-likeness (QED) is 0.405. The van der Waals surface area contributed by atoms with Gasteiger partial charge in [-0.2, -0.15) is 0 Å². The third kappa shape index (κ3) is 6.45. The molecule has 0 atom stereocenters. The van der Waals surface area contributed by atoms with Crippen molar-refractivity contribution in [1.82, 2.24) is 9.97 Å². The molecule has 0 radical (unpaired) electrons. The number of aromatic nitrogens is 2. The average molecular weight is 383 g/mol. The summed E-state index contributed by atoms with van der Waals surface area (Å²) >= 11 is 0. The van der Waals surface area contributed by atoms with Crippen LogP contribution in [0.5, 0.6) is 0 Å². The molecule has 0 aliphatic heterocycles. The highest BCUT2D eigenvalue weighted by Gasteiger charge is 2.23.